The van der Waals surface area contributed by atoms with E-state index < -0.39 is 23.8 Å². The first-order chi connectivity index (χ1) is 15.7. The van der Waals surface area contributed by atoms with Crippen molar-refractivity contribution in [1.82, 2.24) is 15.1 Å². The summed E-state index contributed by atoms with van der Waals surface area (Å²) in [5.74, 6) is -0.324. The fourth-order valence-corrected chi connectivity index (χ4v) is 6.31. The van der Waals surface area contributed by atoms with E-state index in [0.29, 0.717) is 24.2 Å². The largest absolute Gasteiger partial charge is 0.435 e. The van der Waals surface area contributed by atoms with Crippen molar-refractivity contribution in [3.05, 3.63) is 34.7 Å². The van der Waals surface area contributed by atoms with Crippen molar-refractivity contribution in [1.29, 1.82) is 0 Å². The number of ether oxygens (including phenoxy) is 1. The van der Waals surface area contributed by atoms with Gasteiger partial charge in [-0.3, -0.25) is 24.1 Å². The van der Waals surface area contributed by atoms with E-state index in [-0.39, 0.29) is 40.4 Å². The summed E-state index contributed by atoms with van der Waals surface area (Å²) in [5, 5.41) is 2.27. The van der Waals surface area contributed by atoms with Crippen LogP contribution in [-0.2, 0) is 14.4 Å². The van der Waals surface area contributed by atoms with Crippen LogP contribution in [0, 0.1) is 0 Å². The third-order valence-electron chi connectivity index (χ3n) is 5.66. The Bertz CT molecular complexity index is 1020. The molecule has 1 aromatic rings. The Hall–Kier alpha value is -2.60. The van der Waals surface area contributed by atoms with Crippen LogP contribution >= 0.6 is 23.5 Å². The third-order valence-corrected chi connectivity index (χ3v) is 8.07. The second-order valence-electron chi connectivity index (χ2n) is 7.84. The van der Waals surface area contributed by atoms with Gasteiger partial charge in [0.05, 0.1) is 9.78 Å². The van der Waals surface area contributed by atoms with Gasteiger partial charge in [-0.2, -0.15) is 8.78 Å². The molecule has 0 unspecified atom stereocenters. The Morgan fingerprint density at radius 1 is 1.30 bits per heavy atom. The van der Waals surface area contributed by atoms with E-state index in [1.807, 2.05) is 6.92 Å². The molecule has 8 nitrogen and oxygen atoms in total. The summed E-state index contributed by atoms with van der Waals surface area (Å²) in [5.41, 5.74) is 0.549. The molecule has 12 heteroatoms. The van der Waals surface area contributed by atoms with Gasteiger partial charge in [0.2, 0.25) is 11.8 Å². The minimum Gasteiger partial charge on any atom is -0.435 e. The number of thioether (sulfide) groups is 2. The van der Waals surface area contributed by atoms with Crippen LogP contribution in [0.3, 0.4) is 0 Å². The first kappa shape index (κ1) is 23.6. The molecule has 0 bridgehead atoms. The van der Waals surface area contributed by atoms with E-state index in [4.69, 9.17) is 0 Å². The molecular formula is C21H21F2N3O5S2. The number of alkyl halides is 2. The molecule has 1 aromatic carbocycles. The molecule has 3 heterocycles. The number of imide groups is 1. The van der Waals surface area contributed by atoms with Crippen LogP contribution in [0.2, 0.25) is 0 Å². The van der Waals surface area contributed by atoms with Gasteiger partial charge in [-0.25, -0.2) is 0 Å². The summed E-state index contributed by atoms with van der Waals surface area (Å²) in [7, 11) is 0. The van der Waals surface area contributed by atoms with Crippen LogP contribution in [0.15, 0.2) is 29.2 Å². The first-order valence-electron chi connectivity index (χ1n) is 10.2. The van der Waals surface area contributed by atoms with E-state index in [2.05, 4.69) is 10.1 Å². The summed E-state index contributed by atoms with van der Waals surface area (Å²) in [6, 6.07) is 5.13. The fourth-order valence-electron chi connectivity index (χ4n) is 4.01. The highest BCUT2D eigenvalue weighted by molar-refractivity contribution is 8.18. The number of amides is 4. The van der Waals surface area contributed by atoms with Crippen molar-refractivity contribution in [2.75, 3.05) is 18.8 Å². The van der Waals surface area contributed by atoms with Gasteiger partial charge in [-0.15, -0.1) is 11.8 Å². The molecule has 1 N–H and O–H groups in total. The van der Waals surface area contributed by atoms with Crippen molar-refractivity contribution in [3.8, 4) is 5.75 Å². The summed E-state index contributed by atoms with van der Waals surface area (Å²) in [6.07, 6.45) is 2.63. The number of rotatable bonds is 7. The average Bonchev–Trinajstić information content (AvgIpc) is 3.35. The minimum atomic E-state index is -2.93. The van der Waals surface area contributed by atoms with Gasteiger partial charge in [-0.05, 0) is 48.9 Å². The lowest BCUT2D eigenvalue weighted by Crippen LogP contribution is -2.51. The van der Waals surface area contributed by atoms with E-state index in [0.717, 1.165) is 16.7 Å². The molecule has 3 aliphatic rings. The maximum atomic E-state index is 12.6. The summed E-state index contributed by atoms with van der Waals surface area (Å²) >= 11 is 2.36. The third kappa shape index (κ3) is 4.86. The lowest BCUT2D eigenvalue weighted by Gasteiger charge is -2.29. The lowest BCUT2D eigenvalue weighted by atomic mass is 10.2. The van der Waals surface area contributed by atoms with Gasteiger partial charge in [0.15, 0.2) is 0 Å². The van der Waals surface area contributed by atoms with Crippen molar-refractivity contribution in [3.63, 3.8) is 0 Å². The summed E-state index contributed by atoms with van der Waals surface area (Å²) < 4.78 is 28.8. The maximum Gasteiger partial charge on any atom is 0.387 e. The molecule has 176 valence electrons. The highest BCUT2D eigenvalue weighted by Crippen LogP contribution is 2.47. The van der Waals surface area contributed by atoms with Crippen LogP contribution in [0.5, 0.6) is 5.75 Å². The van der Waals surface area contributed by atoms with Crippen LogP contribution in [-0.4, -0.2) is 69.1 Å². The summed E-state index contributed by atoms with van der Waals surface area (Å²) in [6.45, 7) is -0.897. The summed E-state index contributed by atoms with van der Waals surface area (Å²) in [4.78, 5) is 52.3. The van der Waals surface area contributed by atoms with Crippen molar-refractivity contribution >= 4 is 52.6 Å². The van der Waals surface area contributed by atoms with Crippen LogP contribution in [0.25, 0.3) is 6.08 Å². The van der Waals surface area contributed by atoms with Gasteiger partial charge in [0.25, 0.3) is 11.1 Å². The zero-order chi connectivity index (χ0) is 23.8. The predicted molar refractivity (Wildman–Crippen MR) is 119 cm³/mol. The zero-order valence-corrected chi connectivity index (χ0v) is 19.2. The fraction of sp³-hybridized carbons (Fsp3) is 0.429. The first-order valence-corrected chi connectivity index (χ1v) is 12.0. The molecule has 0 aliphatic carbocycles. The van der Waals surface area contributed by atoms with E-state index in [1.54, 1.807) is 16.7 Å². The van der Waals surface area contributed by atoms with E-state index in [1.165, 1.54) is 30.3 Å². The van der Waals surface area contributed by atoms with E-state index in [9.17, 15) is 28.0 Å². The Labute approximate surface area is 197 Å². The highest BCUT2D eigenvalue weighted by atomic mass is 32.2. The standard InChI is InChI=1S/C21H21F2N3O5S2/c1-21-7-6-16(27)26(21)14(11-32-21)17(28)24-8-9-25-18(29)15(33-20(25)30)10-12-2-4-13(5-3-12)31-19(22)23/h2-5,10,14,19H,6-9,11H2,1H3,(H,24,28)/b15-10+/t14-,21+/m0/s1. The molecule has 0 aromatic heterocycles. The second kappa shape index (κ2) is 9.34. The maximum absolute atomic E-state index is 12.6. The molecule has 3 saturated heterocycles. The number of hydrogen-bond donors (Lipinski definition) is 1. The topological polar surface area (TPSA) is 96.0 Å². The molecule has 33 heavy (non-hydrogen) atoms. The number of carbonyl (C=O) groups excluding carboxylic acids is 4. The van der Waals surface area contributed by atoms with Crippen LogP contribution < -0.4 is 10.1 Å². The molecule has 4 amide bonds. The van der Waals surface area contributed by atoms with Crippen molar-refractivity contribution < 1.29 is 32.7 Å². The number of nitrogens with zero attached hydrogens (tertiary/aromatic N) is 2. The Morgan fingerprint density at radius 3 is 2.73 bits per heavy atom. The smallest absolute Gasteiger partial charge is 0.387 e. The highest BCUT2D eigenvalue weighted by Gasteiger charge is 2.52. The normalized spacial score (nSPS) is 26.0. The predicted octanol–water partition coefficient (Wildman–Crippen LogP) is 2.89. The number of halogens is 2. The molecule has 3 fully saturated rings. The molecule has 0 radical (unpaired) electrons. The number of fused-ring (bicyclic) bond motifs is 1. The number of carbonyl (C=O) groups is 4. The van der Waals surface area contributed by atoms with Crippen molar-refractivity contribution in [2.45, 2.75) is 37.3 Å². The molecule has 3 aliphatic heterocycles. The average molecular weight is 498 g/mol. The van der Waals surface area contributed by atoms with Crippen LogP contribution in [0.1, 0.15) is 25.3 Å². The minimum absolute atomic E-state index is 0.00000985. The number of hydrogen-bond acceptors (Lipinski definition) is 7. The molecular weight excluding hydrogens is 476 g/mol. The van der Waals surface area contributed by atoms with Gasteiger partial charge >= 0.3 is 6.61 Å². The Morgan fingerprint density at radius 2 is 2.03 bits per heavy atom. The number of benzene rings is 1. The Kier molecular flexibility index (Phi) is 6.66. The van der Waals surface area contributed by atoms with Gasteiger partial charge in [-0.1, -0.05) is 12.1 Å². The van der Waals surface area contributed by atoms with Gasteiger partial charge in [0.1, 0.15) is 11.8 Å². The SMILES string of the molecule is C[C@@]12CCC(=O)N1[C@H](C(=O)NCCN1C(=O)S/C(=C/c3ccc(OC(F)F)cc3)C1=O)CS2. The zero-order valence-electron chi connectivity index (χ0n) is 17.6. The monoisotopic (exact) mass is 497 g/mol. The molecule has 4 rings (SSSR count). The lowest BCUT2D eigenvalue weighted by molar-refractivity contribution is -0.137. The quantitative estimate of drug-likeness (QED) is 0.579. The number of nitrogens with one attached hydrogen (secondary N) is 1. The van der Waals surface area contributed by atoms with Crippen LogP contribution in [0.4, 0.5) is 13.6 Å². The van der Waals surface area contributed by atoms with Gasteiger partial charge in [0, 0.05) is 25.3 Å². The Balaban J connectivity index is 1.32. The molecule has 0 saturated carbocycles. The van der Waals surface area contributed by atoms with Crippen molar-refractivity contribution in [2.24, 2.45) is 0 Å². The molecule has 2 atom stereocenters. The second-order valence-corrected chi connectivity index (χ2v) is 10.3. The van der Waals surface area contributed by atoms with E-state index >= 15 is 0 Å². The molecule has 0 spiro atoms. The van der Waals surface area contributed by atoms with Gasteiger partial charge < -0.3 is 15.0 Å².